The maximum atomic E-state index is 13.0. The van der Waals surface area contributed by atoms with Gasteiger partial charge in [0.25, 0.3) is 5.91 Å². The lowest BCUT2D eigenvalue weighted by Gasteiger charge is -2.30. The molecule has 0 saturated carbocycles. The summed E-state index contributed by atoms with van der Waals surface area (Å²) in [4.78, 5) is 24.8. The monoisotopic (exact) mass is 408 g/mol. The second-order valence-corrected chi connectivity index (χ2v) is 8.17. The first-order valence-electron chi connectivity index (χ1n) is 8.06. The Labute approximate surface area is 164 Å². The predicted molar refractivity (Wildman–Crippen MR) is 104 cm³/mol. The normalized spacial score (nSPS) is 14.9. The molecule has 1 aliphatic heterocycles. The van der Waals surface area contributed by atoms with Gasteiger partial charge in [-0.25, -0.2) is 9.18 Å². The van der Waals surface area contributed by atoms with Crippen LogP contribution in [0.3, 0.4) is 0 Å². The van der Waals surface area contributed by atoms with E-state index in [4.69, 9.17) is 17.0 Å². The van der Waals surface area contributed by atoms with Crippen LogP contribution in [0.4, 0.5) is 9.39 Å². The highest BCUT2D eigenvalue weighted by molar-refractivity contribution is 7.80. The third kappa shape index (κ3) is 4.32. The Morgan fingerprint density at radius 1 is 1.30 bits per heavy atom. The van der Waals surface area contributed by atoms with Crippen molar-refractivity contribution in [1.82, 2.24) is 5.32 Å². The lowest BCUT2D eigenvalue weighted by atomic mass is 9.93. The van der Waals surface area contributed by atoms with E-state index in [-0.39, 0.29) is 16.2 Å². The molecular formula is C18H17FN2O4S2. The van der Waals surface area contributed by atoms with E-state index in [1.54, 1.807) is 0 Å². The number of hydrogen-bond acceptors (Lipinski definition) is 5. The largest absolute Gasteiger partial charge is 0.478 e. The van der Waals surface area contributed by atoms with Gasteiger partial charge < -0.3 is 15.2 Å². The summed E-state index contributed by atoms with van der Waals surface area (Å²) in [6.07, 6.45) is 0.469. The van der Waals surface area contributed by atoms with Gasteiger partial charge in [-0.2, -0.15) is 0 Å². The molecule has 1 aromatic carbocycles. The van der Waals surface area contributed by atoms with Crippen LogP contribution >= 0.6 is 23.6 Å². The molecule has 2 heterocycles. The number of benzene rings is 1. The van der Waals surface area contributed by atoms with Crippen molar-refractivity contribution < 1.29 is 23.8 Å². The predicted octanol–water partition coefficient (Wildman–Crippen LogP) is 3.56. The molecule has 0 bridgehead atoms. The van der Waals surface area contributed by atoms with Gasteiger partial charge in [0.2, 0.25) is 0 Å². The topological polar surface area (TPSA) is 87.7 Å². The van der Waals surface area contributed by atoms with Crippen LogP contribution in [0.2, 0.25) is 0 Å². The quantitative estimate of drug-likeness (QED) is 0.673. The fourth-order valence-electron chi connectivity index (χ4n) is 2.78. The number of carbonyl (C=O) groups excluding carboxylic acids is 1. The minimum Gasteiger partial charge on any atom is -0.478 e. The van der Waals surface area contributed by atoms with Gasteiger partial charge in [-0.15, -0.1) is 11.3 Å². The summed E-state index contributed by atoms with van der Waals surface area (Å²) in [5, 5.41) is 15.2. The summed E-state index contributed by atoms with van der Waals surface area (Å²) in [5.74, 6) is -2.04. The molecule has 0 atom stereocenters. The van der Waals surface area contributed by atoms with E-state index >= 15 is 0 Å². The summed E-state index contributed by atoms with van der Waals surface area (Å²) in [5.41, 5.74) is 0.649. The fraction of sp³-hybridized carbons (Fsp3) is 0.278. The average Bonchev–Trinajstić information content (AvgIpc) is 2.91. The molecule has 27 heavy (non-hydrogen) atoms. The fourth-order valence-corrected chi connectivity index (χ4v) is 4.17. The summed E-state index contributed by atoms with van der Waals surface area (Å²) in [6.45, 7) is 4.13. The maximum Gasteiger partial charge on any atom is 0.339 e. The zero-order valence-corrected chi connectivity index (χ0v) is 16.2. The first-order valence-corrected chi connectivity index (χ1v) is 9.28. The molecule has 2 aromatic rings. The van der Waals surface area contributed by atoms with Gasteiger partial charge in [-0.05, 0) is 55.9 Å². The number of hydrogen-bond donors (Lipinski definition) is 3. The molecule has 0 fully saturated rings. The Kier molecular flexibility index (Phi) is 5.27. The lowest BCUT2D eigenvalue weighted by Crippen LogP contribution is -2.34. The number of rotatable bonds is 3. The van der Waals surface area contributed by atoms with Gasteiger partial charge in [-0.3, -0.25) is 10.1 Å². The maximum absolute atomic E-state index is 13.0. The molecule has 1 aliphatic rings. The van der Waals surface area contributed by atoms with Crippen LogP contribution in [0, 0.1) is 5.82 Å². The van der Waals surface area contributed by atoms with Gasteiger partial charge in [0.15, 0.2) is 5.11 Å². The van der Waals surface area contributed by atoms with Crippen molar-refractivity contribution >= 4 is 45.5 Å². The third-order valence-electron chi connectivity index (χ3n) is 4.06. The van der Waals surface area contributed by atoms with Crippen molar-refractivity contribution in [1.29, 1.82) is 0 Å². The minimum absolute atomic E-state index is 0.0365. The number of thiocarbonyl (C=S) groups is 1. The summed E-state index contributed by atoms with van der Waals surface area (Å²) in [7, 11) is 0. The highest BCUT2D eigenvalue weighted by atomic mass is 32.1. The number of amides is 1. The van der Waals surface area contributed by atoms with Crippen molar-refractivity contribution in [3.05, 3.63) is 51.7 Å². The van der Waals surface area contributed by atoms with Crippen LogP contribution in [-0.4, -0.2) is 27.7 Å². The SMILES string of the molecule is CC1(C)Cc2c(sc(NC(=S)NC(=O)c3ccc(F)cc3)c2C(=O)O)CO1. The average molecular weight is 408 g/mol. The van der Waals surface area contributed by atoms with Crippen LogP contribution in [-0.2, 0) is 17.8 Å². The second kappa shape index (κ2) is 7.34. The first-order chi connectivity index (χ1) is 12.7. The van der Waals surface area contributed by atoms with E-state index in [9.17, 15) is 19.1 Å². The molecule has 0 saturated heterocycles. The first kappa shape index (κ1) is 19.4. The molecule has 1 aromatic heterocycles. The zero-order valence-electron chi connectivity index (χ0n) is 14.6. The van der Waals surface area contributed by atoms with Crippen LogP contribution in [0.25, 0.3) is 0 Å². The van der Waals surface area contributed by atoms with Crippen molar-refractivity contribution in [3.63, 3.8) is 0 Å². The highest BCUT2D eigenvalue weighted by Gasteiger charge is 2.33. The molecule has 0 spiro atoms. The third-order valence-corrected chi connectivity index (χ3v) is 5.39. The number of thiophene rings is 1. The molecular weight excluding hydrogens is 391 g/mol. The van der Waals surface area contributed by atoms with E-state index < -0.39 is 23.3 Å². The molecule has 0 unspecified atom stereocenters. The molecule has 3 rings (SSSR count). The number of carboxylic acids is 1. The number of carboxylic acid groups (broad SMARTS) is 1. The van der Waals surface area contributed by atoms with Crippen molar-refractivity contribution in [2.75, 3.05) is 5.32 Å². The summed E-state index contributed by atoms with van der Waals surface area (Å²) in [6, 6.07) is 5.00. The van der Waals surface area contributed by atoms with Gasteiger partial charge in [0.1, 0.15) is 10.8 Å². The van der Waals surface area contributed by atoms with Crippen molar-refractivity contribution in [2.45, 2.75) is 32.5 Å². The smallest absolute Gasteiger partial charge is 0.339 e. The summed E-state index contributed by atoms with van der Waals surface area (Å²) < 4.78 is 18.7. The Bertz CT molecular complexity index is 922. The minimum atomic E-state index is -1.07. The number of ether oxygens (including phenoxy) is 1. The number of nitrogens with one attached hydrogen (secondary N) is 2. The Balaban J connectivity index is 1.78. The molecule has 6 nitrogen and oxygen atoms in total. The molecule has 0 radical (unpaired) electrons. The molecule has 9 heteroatoms. The number of carbonyl (C=O) groups is 2. The Morgan fingerprint density at radius 3 is 2.59 bits per heavy atom. The van der Waals surface area contributed by atoms with Gasteiger partial charge >= 0.3 is 5.97 Å². The van der Waals surface area contributed by atoms with Crippen LogP contribution in [0.15, 0.2) is 24.3 Å². The summed E-state index contributed by atoms with van der Waals surface area (Å²) >= 11 is 6.37. The van der Waals surface area contributed by atoms with Crippen LogP contribution in [0.5, 0.6) is 0 Å². The Morgan fingerprint density at radius 2 is 1.96 bits per heavy atom. The second-order valence-electron chi connectivity index (χ2n) is 6.65. The van der Waals surface area contributed by atoms with Crippen molar-refractivity contribution in [2.24, 2.45) is 0 Å². The molecule has 0 aliphatic carbocycles. The van der Waals surface area contributed by atoms with Crippen LogP contribution < -0.4 is 10.6 Å². The molecule has 142 valence electrons. The highest BCUT2D eigenvalue weighted by Crippen LogP contribution is 2.40. The van der Waals surface area contributed by atoms with E-state index in [1.165, 1.54) is 35.6 Å². The Hall–Kier alpha value is -2.36. The lowest BCUT2D eigenvalue weighted by molar-refractivity contribution is -0.0384. The van der Waals surface area contributed by atoms with E-state index in [0.717, 1.165) is 10.4 Å². The molecule has 3 N–H and O–H groups in total. The van der Waals surface area contributed by atoms with E-state index in [0.29, 0.717) is 18.0 Å². The number of anilines is 1. The zero-order chi connectivity index (χ0) is 19.8. The standard InChI is InChI=1S/C18H17FN2O4S2/c1-18(2)7-11-12(8-25-18)27-15(13(11)16(23)24)21-17(26)20-14(22)9-3-5-10(19)6-4-9/h3-6H,7-8H2,1-2H3,(H,23,24)(H2,20,21,22,26). The number of aromatic carboxylic acids is 1. The van der Waals surface area contributed by atoms with Gasteiger partial charge in [0.05, 0.1) is 17.8 Å². The van der Waals surface area contributed by atoms with E-state index in [2.05, 4.69) is 10.6 Å². The van der Waals surface area contributed by atoms with Gasteiger partial charge in [0, 0.05) is 16.9 Å². The van der Waals surface area contributed by atoms with Gasteiger partial charge in [-0.1, -0.05) is 0 Å². The number of fused-ring (bicyclic) bond motifs is 1. The number of halogens is 1. The van der Waals surface area contributed by atoms with Crippen LogP contribution in [0.1, 0.15) is 45.0 Å². The van der Waals surface area contributed by atoms with Crippen molar-refractivity contribution in [3.8, 4) is 0 Å². The molecule has 1 amide bonds. The van der Waals surface area contributed by atoms with E-state index in [1.807, 2.05) is 13.8 Å².